The van der Waals surface area contributed by atoms with Gasteiger partial charge < -0.3 is 10.5 Å². The maximum absolute atomic E-state index is 10.6. The van der Waals surface area contributed by atoms with Crippen LogP contribution in [0.25, 0.3) is 0 Å². The molecular formula is C12H15ClN2O3. The highest BCUT2D eigenvalue weighted by Gasteiger charge is 2.30. The summed E-state index contributed by atoms with van der Waals surface area (Å²) in [6.07, 6.45) is 4.12. The van der Waals surface area contributed by atoms with Crippen molar-refractivity contribution in [1.29, 1.82) is 0 Å². The van der Waals surface area contributed by atoms with Crippen LogP contribution in [-0.4, -0.2) is 17.1 Å². The number of nitrogens with two attached hydrogens (primary N) is 1. The van der Waals surface area contributed by atoms with Crippen molar-refractivity contribution in [2.45, 2.75) is 31.2 Å². The molecule has 1 aliphatic carbocycles. The summed E-state index contributed by atoms with van der Waals surface area (Å²) in [4.78, 5) is 10.1. The summed E-state index contributed by atoms with van der Waals surface area (Å²) >= 11 is 5.93. The van der Waals surface area contributed by atoms with Crippen LogP contribution in [0.1, 0.15) is 25.7 Å². The number of ether oxygens (including phenoxy) is 1. The summed E-state index contributed by atoms with van der Waals surface area (Å²) in [7, 11) is 0. The molecule has 1 aromatic rings. The zero-order valence-corrected chi connectivity index (χ0v) is 10.7. The molecule has 0 aromatic heterocycles. The largest absolute Gasteiger partial charge is 0.490 e. The van der Waals surface area contributed by atoms with E-state index in [1.54, 1.807) is 0 Å². The number of nitro benzene ring substituents is 1. The highest BCUT2D eigenvalue weighted by atomic mass is 35.5. The maximum Gasteiger partial charge on any atom is 0.271 e. The Labute approximate surface area is 110 Å². The van der Waals surface area contributed by atoms with E-state index in [4.69, 9.17) is 22.1 Å². The molecule has 0 unspecified atom stereocenters. The van der Waals surface area contributed by atoms with E-state index >= 15 is 0 Å². The Kier molecular flexibility index (Phi) is 3.73. The fourth-order valence-corrected chi connectivity index (χ4v) is 2.39. The Bertz CT molecular complexity index is 459. The normalized spacial score (nSPS) is 17.7. The molecule has 0 bridgehead atoms. The van der Waals surface area contributed by atoms with Crippen LogP contribution >= 0.6 is 11.6 Å². The van der Waals surface area contributed by atoms with Crippen molar-refractivity contribution >= 4 is 17.3 Å². The number of hydrogen-bond acceptors (Lipinski definition) is 4. The topological polar surface area (TPSA) is 78.4 Å². The zero-order chi connectivity index (χ0) is 13.2. The molecule has 5 nitrogen and oxygen atoms in total. The zero-order valence-electron chi connectivity index (χ0n) is 9.89. The minimum absolute atomic E-state index is 0.0457. The molecular weight excluding hydrogens is 256 g/mol. The van der Waals surface area contributed by atoms with Crippen molar-refractivity contribution in [3.63, 3.8) is 0 Å². The van der Waals surface area contributed by atoms with Gasteiger partial charge in [-0.05, 0) is 18.9 Å². The minimum atomic E-state index is -0.489. The number of benzene rings is 1. The molecule has 2 N–H and O–H groups in total. The lowest BCUT2D eigenvalue weighted by molar-refractivity contribution is -0.384. The molecule has 18 heavy (non-hydrogen) atoms. The highest BCUT2D eigenvalue weighted by molar-refractivity contribution is 6.32. The van der Waals surface area contributed by atoms with E-state index in [1.165, 1.54) is 18.2 Å². The van der Waals surface area contributed by atoms with Gasteiger partial charge in [0, 0.05) is 12.1 Å². The lowest BCUT2D eigenvalue weighted by Gasteiger charge is -2.23. The second-order valence-corrected chi connectivity index (χ2v) is 5.14. The number of non-ortho nitro benzene ring substituents is 1. The molecule has 0 radical (unpaired) electrons. The molecule has 0 atom stereocenters. The SMILES string of the molecule is NC1(COc2ccc([N+](=O)[O-])cc2Cl)CCCC1. The van der Waals surface area contributed by atoms with Gasteiger partial charge in [0.25, 0.3) is 5.69 Å². The minimum Gasteiger partial charge on any atom is -0.490 e. The van der Waals surface area contributed by atoms with E-state index in [0.717, 1.165) is 25.7 Å². The van der Waals surface area contributed by atoms with Crippen molar-refractivity contribution in [3.8, 4) is 5.75 Å². The summed E-state index contributed by atoms with van der Waals surface area (Å²) < 4.78 is 5.58. The van der Waals surface area contributed by atoms with E-state index in [2.05, 4.69) is 0 Å². The molecule has 1 aliphatic rings. The quantitative estimate of drug-likeness (QED) is 0.674. The first-order valence-electron chi connectivity index (χ1n) is 5.86. The van der Waals surface area contributed by atoms with Crippen LogP contribution in [0.15, 0.2) is 18.2 Å². The molecule has 98 valence electrons. The lowest BCUT2D eigenvalue weighted by Crippen LogP contribution is -2.42. The van der Waals surface area contributed by atoms with Gasteiger partial charge >= 0.3 is 0 Å². The van der Waals surface area contributed by atoms with E-state index in [9.17, 15) is 10.1 Å². The molecule has 0 spiro atoms. The summed E-state index contributed by atoms with van der Waals surface area (Å²) in [5, 5.41) is 10.8. The molecule has 6 heteroatoms. The Morgan fingerprint density at radius 1 is 1.44 bits per heavy atom. The predicted octanol–water partition coefficient (Wildman–Crippen LogP) is 2.90. The molecule has 1 saturated carbocycles. The lowest BCUT2D eigenvalue weighted by atomic mass is 10.0. The first kappa shape index (κ1) is 13.1. The van der Waals surface area contributed by atoms with Crippen molar-refractivity contribution in [2.75, 3.05) is 6.61 Å². The molecule has 0 amide bonds. The van der Waals surface area contributed by atoms with Gasteiger partial charge in [-0.3, -0.25) is 10.1 Å². The van der Waals surface area contributed by atoms with Crippen LogP contribution < -0.4 is 10.5 Å². The summed E-state index contributed by atoms with van der Waals surface area (Å²) in [5.74, 6) is 0.444. The fraction of sp³-hybridized carbons (Fsp3) is 0.500. The third-order valence-corrected chi connectivity index (χ3v) is 3.54. The molecule has 0 heterocycles. The number of halogens is 1. The van der Waals surface area contributed by atoms with Crippen LogP contribution in [0.4, 0.5) is 5.69 Å². The van der Waals surface area contributed by atoms with E-state index in [1.807, 2.05) is 0 Å². The second-order valence-electron chi connectivity index (χ2n) is 4.73. The molecule has 1 fully saturated rings. The third-order valence-electron chi connectivity index (χ3n) is 3.24. The number of nitro groups is 1. The maximum atomic E-state index is 10.6. The van der Waals surface area contributed by atoms with Gasteiger partial charge in [-0.1, -0.05) is 24.4 Å². The Balaban J connectivity index is 2.03. The van der Waals surface area contributed by atoms with Gasteiger partial charge in [-0.2, -0.15) is 0 Å². The summed E-state index contributed by atoms with van der Waals surface area (Å²) in [6, 6.07) is 4.17. The van der Waals surface area contributed by atoms with E-state index in [-0.39, 0.29) is 16.2 Å². The summed E-state index contributed by atoms with van der Waals surface area (Å²) in [5.41, 5.74) is 5.83. The summed E-state index contributed by atoms with van der Waals surface area (Å²) in [6.45, 7) is 0.393. The average molecular weight is 271 g/mol. The van der Waals surface area contributed by atoms with Crippen molar-refractivity contribution in [2.24, 2.45) is 5.73 Å². The van der Waals surface area contributed by atoms with E-state index < -0.39 is 4.92 Å². The van der Waals surface area contributed by atoms with Crippen molar-refractivity contribution in [3.05, 3.63) is 33.3 Å². The average Bonchev–Trinajstić information content (AvgIpc) is 2.75. The van der Waals surface area contributed by atoms with Gasteiger partial charge in [0.15, 0.2) is 0 Å². The van der Waals surface area contributed by atoms with E-state index in [0.29, 0.717) is 12.4 Å². The molecule has 2 rings (SSSR count). The smallest absolute Gasteiger partial charge is 0.271 e. The van der Waals surface area contributed by atoms with Crippen LogP contribution in [0.2, 0.25) is 5.02 Å². The monoisotopic (exact) mass is 270 g/mol. The number of rotatable bonds is 4. The standard InChI is InChI=1S/C12H15ClN2O3/c13-10-7-9(15(16)17)3-4-11(10)18-8-12(14)5-1-2-6-12/h3-4,7H,1-2,5-6,8,14H2. The van der Waals surface area contributed by atoms with Crippen molar-refractivity contribution < 1.29 is 9.66 Å². The first-order valence-corrected chi connectivity index (χ1v) is 6.24. The Morgan fingerprint density at radius 3 is 2.67 bits per heavy atom. The van der Waals surface area contributed by atoms with Crippen LogP contribution in [-0.2, 0) is 0 Å². The molecule has 0 saturated heterocycles. The highest BCUT2D eigenvalue weighted by Crippen LogP contribution is 2.32. The van der Waals surface area contributed by atoms with Gasteiger partial charge in [0.05, 0.1) is 15.5 Å². The number of hydrogen-bond donors (Lipinski definition) is 1. The van der Waals surface area contributed by atoms with Crippen molar-refractivity contribution in [1.82, 2.24) is 0 Å². The fourth-order valence-electron chi connectivity index (χ4n) is 2.17. The third kappa shape index (κ3) is 2.91. The van der Waals surface area contributed by atoms with Gasteiger partial charge in [-0.15, -0.1) is 0 Å². The Hall–Kier alpha value is -1.33. The molecule has 1 aromatic carbocycles. The molecule has 0 aliphatic heterocycles. The predicted molar refractivity (Wildman–Crippen MR) is 69.0 cm³/mol. The first-order chi connectivity index (χ1) is 8.50. The van der Waals surface area contributed by atoms with Gasteiger partial charge in [-0.25, -0.2) is 0 Å². The van der Waals surface area contributed by atoms with Crippen LogP contribution in [0.5, 0.6) is 5.75 Å². The van der Waals surface area contributed by atoms with Crippen LogP contribution in [0.3, 0.4) is 0 Å². The second kappa shape index (κ2) is 5.12. The van der Waals surface area contributed by atoms with Crippen LogP contribution in [0, 0.1) is 10.1 Å². The van der Waals surface area contributed by atoms with Gasteiger partial charge in [0.1, 0.15) is 12.4 Å². The Morgan fingerprint density at radius 2 is 2.11 bits per heavy atom. The van der Waals surface area contributed by atoms with Gasteiger partial charge in [0.2, 0.25) is 0 Å². The number of nitrogens with zero attached hydrogens (tertiary/aromatic N) is 1.